The van der Waals surface area contributed by atoms with Crippen molar-refractivity contribution < 1.29 is 0 Å². The Hall–Kier alpha value is 0.140. The van der Waals surface area contributed by atoms with E-state index < -0.39 is 0 Å². The van der Waals surface area contributed by atoms with Crippen LogP contribution >= 0.6 is 27.3 Å². The van der Waals surface area contributed by atoms with Crippen LogP contribution in [0.3, 0.4) is 0 Å². The molecule has 1 aromatic rings. The van der Waals surface area contributed by atoms with Crippen LogP contribution in [-0.2, 0) is 0 Å². The van der Waals surface area contributed by atoms with Crippen LogP contribution in [0.4, 0.5) is 0 Å². The average Bonchev–Trinajstić information content (AvgIpc) is 2.95. The van der Waals surface area contributed by atoms with Crippen molar-refractivity contribution in [3.63, 3.8) is 0 Å². The lowest BCUT2D eigenvalue weighted by Gasteiger charge is -2.14. The molecule has 3 unspecified atom stereocenters. The van der Waals surface area contributed by atoms with Crippen molar-refractivity contribution in [3.8, 4) is 0 Å². The van der Waals surface area contributed by atoms with Crippen LogP contribution in [0, 0.1) is 24.7 Å². The molecule has 94 valence electrons. The molecule has 1 N–H and O–H groups in total. The topological polar surface area (TPSA) is 12.0 Å². The highest BCUT2D eigenvalue weighted by Crippen LogP contribution is 2.60. The largest absolute Gasteiger partial charge is 0.312 e. The first kappa shape index (κ1) is 12.2. The Labute approximate surface area is 116 Å². The van der Waals surface area contributed by atoms with E-state index in [9.17, 15) is 0 Å². The molecule has 1 aromatic heterocycles. The SMILES string of the molecule is CNC(c1cc(C)c(Br)s1)C1C2CCCCC21. The molecule has 0 aliphatic heterocycles. The number of fused-ring (bicyclic) bond motifs is 1. The minimum absolute atomic E-state index is 0.595. The molecule has 1 nitrogen and oxygen atoms in total. The van der Waals surface area contributed by atoms with Gasteiger partial charge in [-0.3, -0.25) is 0 Å². The lowest BCUT2D eigenvalue weighted by molar-refractivity contribution is 0.480. The maximum Gasteiger partial charge on any atom is 0.0731 e. The molecule has 17 heavy (non-hydrogen) atoms. The molecule has 0 radical (unpaired) electrons. The van der Waals surface area contributed by atoms with Gasteiger partial charge in [0, 0.05) is 10.9 Å². The third-order valence-corrected chi connectivity index (χ3v) is 6.82. The summed E-state index contributed by atoms with van der Waals surface area (Å²) in [6.45, 7) is 2.19. The Morgan fingerprint density at radius 2 is 2.00 bits per heavy atom. The highest BCUT2D eigenvalue weighted by atomic mass is 79.9. The lowest BCUT2D eigenvalue weighted by Crippen LogP contribution is -2.18. The van der Waals surface area contributed by atoms with Crippen molar-refractivity contribution in [1.29, 1.82) is 0 Å². The molecule has 2 aliphatic rings. The number of nitrogens with one attached hydrogen (secondary N) is 1. The average molecular weight is 314 g/mol. The molecular formula is C14H20BrNS. The molecule has 0 bridgehead atoms. The number of hydrogen-bond acceptors (Lipinski definition) is 2. The van der Waals surface area contributed by atoms with Gasteiger partial charge in [-0.25, -0.2) is 0 Å². The maximum absolute atomic E-state index is 3.65. The van der Waals surface area contributed by atoms with Crippen molar-refractivity contribution in [2.45, 2.75) is 38.6 Å². The summed E-state index contributed by atoms with van der Waals surface area (Å²) >= 11 is 5.57. The summed E-state index contributed by atoms with van der Waals surface area (Å²) in [7, 11) is 2.12. The van der Waals surface area contributed by atoms with E-state index in [-0.39, 0.29) is 0 Å². The van der Waals surface area contributed by atoms with E-state index in [4.69, 9.17) is 0 Å². The predicted molar refractivity (Wildman–Crippen MR) is 77.5 cm³/mol. The van der Waals surface area contributed by atoms with Crippen molar-refractivity contribution in [3.05, 3.63) is 20.3 Å². The van der Waals surface area contributed by atoms with Gasteiger partial charge >= 0.3 is 0 Å². The molecule has 0 saturated heterocycles. The Bertz CT molecular complexity index is 383. The Balaban J connectivity index is 1.80. The van der Waals surface area contributed by atoms with Gasteiger partial charge in [-0.05, 0) is 72.1 Å². The van der Waals surface area contributed by atoms with Gasteiger partial charge in [0.2, 0.25) is 0 Å². The van der Waals surface area contributed by atoms with Gasteiger partial charge in [0.05, 0.1) is 3.79 Å². The van der Waals surface area contributed by atoms with Crippen molar-refractivity contribution in [2.24, 2.45) is 17.8 Å². The summed E-state index contributed by atoms with van der Waals surface area (Å²) in [6.07, 6.45) is 5.86. The fourth-order valence-electron chi connectivity index (χ4n) is 3.70. The van der Waals surface area contributed by atoms with E-state index in [0.29, 0.717) is 6.04 Å². The van der Waals surface area contributed by atoms with E-state index in [1.807, 2.05) is 11.3 Å². The molecule has 2 aliphatic carbocycles. The van der Waals surface area contributed by atoms with Crippen LogP contribution < -0.4 is 5.32 Å². The van der Waals surface area contributed by atoms with Gasteiger partial charge in [-0.15, -0.1) is 11.3 Å². The van der Waals surface area contributed by atoms with E-state index in [1.165, 1.54) is 39.9 Å². The zero-order valence-corrected chi connectivity index (χ0v) is 12.9. The minimum Gasteiger partial charge on any atom is -0.312 e. The van der Waals surface area contributed by atoms with Crippen LogP contribution in [-0.4, -0.2) is 7.05 Å². The zero-order chi connectivity index (χ0) is 12.0. The summed E-state index contributed by atoms with van der Waals surface area (Å²) < 4.78 is 1.30. The summed E-state index contributed by atoms with van der Waals surface area (Å²) in [5.74, 6) is 2.94. The second-order valence-electron chi connectivity index (χ2n) is 5.56. The minimum atomic E-state index is 0.595. The maximum atomic E-state index is 3.65. The van der Waals surface area contributed by atoms with Gasteiger partial charge in [-0.1, -0.05) is 12.8 Å². The number of hydrogen-bond donors (Lipinski definition) is 1. The Morgan fingerprint density at radius 3 is 2.47 bits per heavy atom. The van der Waals surface area contributed by atoms with E-state index in [2.05, 4.69) is 41.3 Å². The van der Waals surface area contributed by atoms with Gasteiger partial charge in [0.1, 0.15) is 0 Å². The molecule has 0 spiro atoms. The predicted octanol–water partition coefficient (Wildman–Crippen LogP) is 4.52. The van der Waals surface area contributed by atoms with Gasteiger partial charge < -0.3 is 5.32 Å². The van der Waals surface area contributed by atoms with Gasteiger partial charge in [0.15, 0.2) is 0 Å². The van der Waals surface area contributed by atoms with E-state index in [1.54, 1.807) is 0 Å². The summed E-state index contributed by atoms with van der Waals surface area (Å²) in [4.78, 5) is 1.52. The summed E-state index contributed by atoms with van der Waals surface area (Å²) in [6, 6.07) is 2.96. The first-order valence-corrected chi connectivity index (χ1v) is 8.26. The molecule has 3 rings (SSSR count). The second kappa shape index (κ2) is 4.67. The lowest BCUT2D eigenvalue weighted by atomic mass is 10.0. The van der Waals surface area contributed by atoms with Gasteiger partial charge in [0.25, 0.3) is 0 Å². The first-order valence-electron chi connectivity index (χ1n) is 6.65. The van der Waals surface area contributed by atoms with Crippen LogP contribution in [0.1, 0.15) is 42.2 Å². The fraction of sp³-hybridized carbons (Fsp3) is 0.714. The second-order valence-corrected chi connectivity index (χ2v) is 7.96. The molecule has 3 heteroatoms. The smallest absolute Gasteiger partial charge is 0.0731 e. The van der Waals surface area contributed by atoms with Gasteiger partial charge in [-0.2, -0.15) is 0 Å². The molecule has 3 atom stereocenters. The third kappa shape index (κ3) is 2.11. The zero-order valence-electron chi connectivity index (χ0n) is 10.5. The first-order chi connectivity index (χ1) is 8.22. The molecule has 2 fully saturated rings. The van der Waals surface area contributed by atoms with Crippen molar-refractivity contribution >= 4 is 27.3 Å². The van der Waals surface area contributed by atoms with Crippen molar-refractivity contribution in [1.82, 2.24) is 5.32 Å². The van der Waals surface area contributed by atoms with Crippen molar-refractivity contribution in [2.75, 3.05) is 7.05 Å². The molecular weight excluding hydrogens is 294 g/mol. The van der Waals surface area contributed by atoms with Crippen LogP contribution in [0.15, 0.2) is 9.85 Å². The summed E-state index contributed by atoms with van der Waals surface area (Å²) in [5.41, 5.74) is 1.38. The molecule has 0 amide bonds. The van der Waals surface area contributed by atoms with Crippen LogP contribution in [0.2, 0.25) is 0 Å². The monoisotopic (exact) mass is 313 g/mol. The quantitative estimate of drug-likeness (QED) is 0.865. The molecule has 0 aromatic carbocycles. The normalized spacial score (nSPS) is 33.2. The number of halogens is 1. The van der Waals surface area contributed by atoms with E-state index >= 15 is 0 Å². The fourth-order valence-corrected chi connectivity index (χ4v) is 5.44. The highest BCUT2D eigenvalue weighted by Gasteiger charge is 2.54. The number of rotatable bonds is 3. The Kier molecular flexibility index (Phi) is 3.35. The molecule has 1 heterocycles. The standard InChI is InChI=1S/C14H20BrNS/c1-8-7-11(17-14(8)15)13(16-2)12-9-5-3-4-6-10(9)12/h7,9-10,12-13,16H,3-6H2,1-2H3. The molecule has 2 saturated carbocycles. The third-order valence-electron chi connectivity index (χ3n) is 4.60. The highest BCUT2D eigenvalue weighted by molar-refractivity contribution is 9.11. The van der Waals surface area contributed by atoms with E-state index in [0.717, 1.165) is 17.8 Å². The number of aryl methyl sites for hydroxylation is 1. The van der Waals surface area contributed by atoms with Crippen LogP contribution in [0.25, 0.3) is 0 Å². The Morgan fingerprint density at radius 1 is 1.35 bits per heavy atom. The summed E-state index contributed by atoms with van der Waals surface area (Å²) in [5, 5.41) is 3.57. The number of thiophene rings is 1. The van der Waals surface area contributed by atoms with Crippen LogP contribution in [0.5, 0.6) is 0 Å².